The first-order valence-electron chi connectivity index (χ1n) is 4.90. The van der Waals surface area contributed by atoms with Crippen molar-refractivity contribution < 1.29 is 22.3 Å². The summed E-state index contributed by atoms with van der Waals surface area (Å²) in [5.41, 5.74) is 0.0655. The molecule has 1 aromatic rings. The maximum absolute atomic E-state index is 13.3. The first kappa shape index (κ1) is 15.2. The van der Waals surface area contributed by atoms with Crippen LogP contribution in [0.4, 0.5) is 17.6 Å². The lowest BCUT2D eigenvalue weighted by Crippen LogP contribution is -2.04. The average Bonchev–Trinajstić information content (AvgIpc) is 2.40. The zero-order valence-electron chi connectivity index (χ0n) is 9.47. The van der Waals surface area contributed by atoms with Crippen LogP contribution in [0.25, 0.3) is 0 Å². The van der Waals surface area contributed by atoms with Gasteiger partial charge in [-0.3, -0.25) is 0 Å². The summed E-state index contributed by atoms with van der Waals surface area (Å²) in [5.74, 6) is -5.99. The van der Waals surface area contributed by atoms with E-state index in [1.807, 2.05) is 0 Å². The third kappa shape index (κ3) is 3.82. The molecule has 0 aliphatic rings. The third-order valence-corrected chi connectivity index (χ3v) is 2.16. The van der Waals surface area contributed by atoms with Crippen molar-refractivity contribution in [3.05, 3.63) is 59.5 Å². The Balaban J connectivity index is 2.97. The van der Waals surface area contributed by atoms with Crippen molar-refractivity contribution in [2.24, 2.45) is 4.99 Å². The molecule has 0 aliphatic carbocycles. The molecule has 0 unspecified atom stereocenters. The minimum atomic E-state index is -1.51. The lowest BCUT2D eigenvalue weighted by atomic mass is 10.2. The van der Waals surface area contributed by atoms with Crippen LogP contribution in [0, 0.1) is 23.3 Å². The molecule has 0 saturated heterocycles. The van der Waals surface area contributed by atoms with Crippen molar-refractivity contribution in [2.75, 3.05) is 0 Å². The van der Waals surface area contributed by atoms with E-state index in [1.54, 1.807) is 0 Å². The molecule has 1 aromatic carbocycles. The highest BCUT2D eigenvalue weighted by atomic mass is 35.5. The summed E-state index contributed by atoms with van der Waals surface area (Å²) in [6, 6.07) is 0.121. The molecule has 0 N–H and O–H groups in total. The van der Waals surface area contributed by atoms with Crippen molar-refractivity contribution in [1.82, 2.24) is 0 Å². The van der Waals surface area contributed by atoms with E-state index < -0.39 is 35.4 Å². The highest BCUT2D eigenvalue weighted by molar-refractivity contribution is 6.56. The number of rotatable bonds is 5. The van der Waals surface area contributed by atoms with Gasteiger partial charge >= 0.3 is 0 Å². The maximum atomic E-state index is 13.3. The van der Waals surface area contributed by atoms with Crippen LogP contribution in [0.3, 0.4) is 0 Å². The average molecular weight is 294 g/mol. The summed E-state index contributed by atoms with van der Waals surface area (Å²) >= 11 is 5.17. The smallest absolute Gasteiger partial charge is 0.168 e. The predicted molar refractivity (Wildman–Crippen MR) is 63.7 cm³/mol. The monoisotopic (exact) mass is 293 g/mol. The van der Waals surface area contributed by atoms with Crippen LogP contribution in [0.2, 0.25) is 0 Å². The quantitative estimate of drug-likeness (QED) is 0.264. The van der Waals surface area contributed by atoms with E-state index in [0.29, 0.717) is 0 Å². The Morgan fingerprint density at radius 3 is 2.32 bits per heavy atom. The van der Waals surface area contributed by atoms with Gasteiger partial charge in [0.25, 0.3) is 0 Å². The standard InChI is InChI=1S/C12H8ClF4NO/c1-2-7(4-18-6-13)19-5-8-11(16)9(14)3-10(15)12(8)17/h2-4,6H,1,5H2/b7-4+,18-6+. The summed E-state index contributed by atoms with van der Waals surface area (Å²) in [7, 11) is 0. The second kappa shape index (κ2) is 6.94. The molecule has 1 rings (SSSR count). The Bertz CT molecular complexity index is 517. The Labute approximate surface area is 111 Å². The van der Waals surface area contributed by atoms with Gasteiger partial charge in [0.15, 0.2) is 23.3 Å². The number of halogens is 5. The lowest BCUT2D eigenvalue weighted by molar-refractivity contribution is 0.199. The van der Waals surface area contributed by atoms with Gasteiger partial charge in [-0.2, -0.15) is 0 Å². The van der Waals surface area contributed by atoms with Crippen LogP contribution < -0.4 is 0 Å². The SMILES string of the molecule is C=C/C(=C\N=C\Cl)OCc1c(F)c(F)cc(F)c1F. The molecule has 0 bridgehead atoms. The molecule has 0 amide bonds. The molecular weight excluding hydrogens is 286 g/mol. The predicted octanol–water partition coefficient (Wildman–Crippen LogP) is 4.05. The van der Waals surface area contributed by atoms with Crippen molar-refractivity contribution >= 4 is 17.3 Å². The van der Waals surface area contributed by atoms with E-state index >= 15 is 0 Å². The number of hydrogen-bond acceptors (Lipinski definition) is 2. The fourth-order valence-electron chi connectivity index (χ4n) is 1.16. The number of ether oxygens (including phenoxy) is 1. The molecule has 0 radical (unpaired) electrons. The van der Waals surface area contributed by atoms with E-state index in [1.165, 1.54) is 6.08 Å². The Hall–Kier alpha value is -1.82. The van der Waals surface area contributed by atoms with E-state index in [2.05, 4.69) is 11.6 Å². The van der Waals surface area contributed by atoms with Gasteiger partial charge < -0.3 is 4.74 Å². The zero-order valence-corrected chi connectivity index (χ0v) is 10.2. The fourth-order valence-corrected chi connectivity index (χ4v) is 1.21. The van der Waals surface area contributed by atoms with Crippen LogP contribution in [-0.2, 0) is 11.3 Å². The van der Waals surface area contributed by atoms with Crippen molar-refractivity contribution in [3.63, 3.8) is 0 Å². The molecule has 0 aromatic heterocycles. The normalized spacial score (nSPS) is 11.9. The largest absolute Gasteiger partial charge is 0.487 e. The van der Waals surface area contributed by atoms with Crippen LogP contribution in [-0.4, -0.2) is 5.67 Å². The first-order valence-corrected chi connectivity index (χ1v) is 5.34. The van der Waals surface area contributed by atoms with Crippen LogP contribution in [0.1, 0.15) is 5.56 Å². The van der Waals surface area contributed by atoms with Crippen molar-refractivity contribution in [3.8, 4) is 0 Å². The van der Waals surface area contributed by atoms with E-state index in [-0.39, 0.29) is 11.8 Å². The summed E-state index contributed by atoms with van der Waals surface area (Å²) < 4.78 is 57.3. The van der Waals surface area contributed by atoms with Crippen LogP contribution in [0.15, 0.2) is 35.7 Å². The topological polar surface area (TPSA) is 21.6 Å². The van der Waals surface area contributed by atoms with E-state index in [0.717, 1.165) is 11.9 Å². The molecule has 19 heavy (non-hydrogen) atoms. The lowest BCUT2D eigenvalue weighted by Gasteiger charge is -2.09. The highest BCUT2D eigenvalue weighted by Crippen LogP contribution is 2.21. The van der Waals surface area contributed by atoms with Gasteiger partial charge in [0.1, 0.15) is 12.4 Å². The zero-order chi connectivity index (χ0) is 14.4. The van der Waals surface area contributed by atoms with Gasteiger partial charge in [0, 0.05) is 6.07 Å². The van der Waals surface area contributed by atoms with Gasteiger partial charge in [-0.05, 0) is 6.08 Å². The fraction of sp³-hybridized carbons (Fsp3) is 0.0833. The second-order valence-electron chi connectivity index (χ2n) is 3.22. The summed E-state index contributed by atoms with van der Waals surface area (Å²) in [5, 5.41) is 0. The maximum Gasteiger partial charge on any atom is 0.168 e. The van der Waals surface area contributed by atoms with Gasteiger partial charge in [0.2, 0.25) is 0 Å². The van der Waals surface area contributed by atoms with Crippen molar-refractivity contribution in [2.45, 2.75) is 6.61 Å². The first-order chi connectivity index (χ1) is 9.01. The minimum absolute atomic E-state index is 0.0281. The molecule has 0 atom stereocenters. The van der Waals surface area contributed by atoms with Gasteiger partial charge in [-0.1, -0.05) is 18.2 Å². The highest BCUT2D eigenvalue weighted by Gasteiger charge is 2.19. The number of nitrogens with zero attached hydrogens (tertiary/aromatic N) is 1. The number of allylic oxidation sites excluding steroid dienone is 1. The van der Waals surface area contributed by atoms with Crippen LogP contribution >= 0.6 is 11.6 Å². The Kier molecular flexibility index (Phi) is 5.57. The summed E-state index contributed by atoms with van der Waals surface area (Å²) in [4.78, 5) is 3.48. The molecule has 7 heteroatoms. The summed E-state index contributed by atoms with van der Waals surface area (Å²) in [6.07, 6.45) is 2.31. The van der Waals surface area contributed by atoms with Gasteiger partial charge in [-0.15, -0.1) is 0 Å². The van der Waals surface area contributed by atoms with Crippen molar-refractivity contribution in [1.29, 1.82) is 0 Å². The molecule has 0 aliphatic heterocycles. The number of hydrogen-bond donors (Lipinski definition) is 0. The molecular formula is C12H8ClF4NO. The Morgan fingerprint density at radius 2 is 1.84 bits per heavy atom. The summed E-state index contributed by atoms with van der Waals surface area (Å²) in [6.45, 7) is 2.64. The van der Waals surface area contributed by atoms with Crippen LogP contribution in [0.5, 0.6) is 0 Å². The Morgan fingerprint density at radius 1 is 1.26 bits per heavy atom. The molecule has 0 saturated carbocycles. The molecule has 0 spiro atoms. The van der Waals surface area contributed by atoms with Gasteiger partial charge in [-0.25, -0.2) is 22.6 Å². The second-order valence-corrected chi connectivity index (χ2v) is 3.41. The van der Waals surface area contributed by atoms with E-state index in [4.69, 9.17) is 16.3 Å². The molecule has 102 valence electrons. The number of aliphatic imine (C=N–C) groups is 1. The molecule has 0 fully saturated rings. The molecule has 0 heterocycles. The van der Waals surface area contributed by atoms with E-state index in [9.17, 15) is 17.6 Å². The number of benzene rings is 1. The third-order valence-electron chi connectivity index (χ3n) is 2.05. The van der Waals surface area contributed by atoms with Gasteiger partial charge in [0.05, 0.1) is 17.4 Å². The minimum Gasteiger partial charge on any atom is -0.487 e. The molecule has 2 nitrogen and oxygen atoms in total.